The molecule has 6 heteroatoms. The number of H-pyrrole nitrogens is 1. The Balaban J connectivity index is 1.45. The fourth-order valence-corrected chi connectivity index (χ4v) is 3.55. The lowest BCUT2D eigenvalue weighted by Crippen LogP contribution is -2.37. The molecular weight excluding hydrogens is 330 g/mol. The van der Waals surface area contributed by atoms with E-state index in [1.165, 1.54) is 0 Å². The fourth-order valence-electron chi connectivity index (χ4n) is 3.55. The number of benzene rings is 1. The molecule has 3 heterocycles. The molecule has 0 unspecified atom stereocenters. The maximum atomic E-state index is 12.5. The number of nitrogens with zero attached hydrogens (tertiary/aromatic N) is 2. The molecule has 4 rings (SSSR count). The molecule has 1 amide bonds. The van der Waals surface area contributed by atoms with E-state index in [4.69, 9.17) is 4.74 Å². The summed E-state index contributed by atoms with van der Waals surface area (Å²) in [5.74, 6) is 0. The Labute approximate surface area is 151 Å². The third-order valence-electron chi connectivity index (χ3n) is 4.82. The molecule has 0 saturated carbocycles. The van der Waals surface area contributed by atoms with Crippen molar-refractivity contribution in [2.75, 3.05) is 6.54 Å². The maximum absolute atomic E-state index is 12.5. The normalized spacial score (nSPS) is 19.8. The van der Waals surface area contributed by atoms with Crippen LogP contribution in [-0.4, -0.2) is 44.8 Å². The first-order valence-electron chi connectivity index (χ1n) is 8.77. The minimum atomic E-state index is -0.521. The molecule has 1 aliphatic rings. The summed E-state index contributed by atoms with van der Waals surface area (Å²) in [6.07, 6.45) is 3.97. The zero-order valence-corrected chi connectivity index (χ0v) is 14.3. The summed E-state index contributed by atoms with van der Waals surface area (Å²) in [6, 6.07) is 13.4. The molecule has 134 valence electrons. The van der Waals surface area contributed by atoms with Crippen molar-refractivity contribution in [3.63, 3.8) is 0 Å². The Kier molecular flexibility index (Phi) is 4.58. The van der Waals surface area contributed by atoms with Crippen LogP contribution in [0.1, 0.15) is 17.5 Å². The van der Waals surface area contributed by atoms with Crippen LogP contribution in [0.15, 0.2) is 54.9 Å². The van der Waals surface area contributed by atoms with E-state index in [-0.39, 0.29) is 18.7 Å². The number of fused-ring (bicyclic) bond motifs is 1. The van der Waals surface area contributed by atoms with Crippen molar-refractivity contribution in [1.29, 1.82) is 0 Å². The molecule has 6 nitrogen and oxygen atoms in total. The van der Waals surface area contributed by atoms with Crippen molar-refractivity contribution in [3.05, 3.63) is 66.0 Å². The molecule has 1 fully saturated rings. The molecule has 0 spiro atoms. The lowest BCUT2D eigenvalue weighted by atomic mass is 10.0. The molecule has 2 atom stereocenters. The van der Waals surface area contributed by atoms with Gasteiger partial charge in [0.1, 0.15) is 12.3 Å². The van der Waals surface area contributed by atoms with Gasteiger partial charge in [0.15, 0.2) is 0 Å². The van der Waals surface area contributed by atoms with Crippen LogP contribution in [0, 0.1) is 0 Å². The van der Waals surface area contributed by atoms with Crippen molar-refractivity contribution in [1.82, 2.24) is 14.9 Å². The summed E-state index contributed by atoms with van der Waals surface area (Å²) < 4.78 is 5.45. The lowest BCUT2D eigenvalue weighted by Gasteiger charge is -2.23. The van der Waals surface area contributed by atoms with Gasteiger partial charge in [-0.05, 0) is 36.1 Å². The smallest absolute Gasteiger partial charge is 0.410 e. The Morgan fingerprint density at radius 2 is 2.12 bits per heavy atom. The number of nitrogens with one attached hydrogen (secondary N) is 1. The van der Waals surface area contributed by atoms with Gasteiger partial charge >= 0.3 is 6.09 Å². The van der Waals surface area contributed by atoms with Crippen LogP contribution in [0.4, 0.5) is 4.79 Å². The van der Waals surface area contributed by atoms with E-state index in [0.29, 0.717) is 19.4 Å². The Hall–Kier alpha value is -2.86. The van der Waals surface area contributed by atoms with Gasteiger partial charge in [-0.1, -0.05) is 30.3 Å². The molecule has 1 saturated heterocycles. The largest absolute Gasteiger partial charge is 0.445 e. The molecular formula is C20H21N3O3. The van der Waals surface area contributed by atoms with Gasteiger partial charge in [0.05, 0.1) is 12.6 Å². The molecule has 1 aromatic carbocycles. The number of β-amino-alcohol motifs (C(OH)–C–C–N with tert-alkyl or cyclic N) is 1. The predicted octanol–water partition coefficient (Wildman–Crippen LogP) is 2.88. The SMILES string of the molecule is O=C(OCc1ccccc1)N1C[C@@H](O)C[C@H]1Cc1c[nH]c2ncccc12. The summed E-state index contributed by atoms with van der Waals surface area (Å²) in [4.78, 5) is 21.6. The van der Waals surface area contributed by atoms with Crippen molar-refractivity contribution in [2.45, 2.75) is 31.6 Å². The van der Waals surface area contributed by atoms with Gasteiger partial charge in [0.25, 0.3) is 0 Å². The summed E-state index contributed by atoms with van der Waals surface area (Å²) in [5.41, 5.74) is 2.87. The maximum Gasteiger partial charge on any atom is 0.410 e. The number of carbonyl (C=O) groups is 1. The van der Waals surface area contributed by atoms with Crippen molar-refractivity contribution in [3.8, 4) is 0 Å². The van der Waals surface area contributed by atoms with Crippen molar-refractivity contribution >= 4 is 17.1 Å². The van der Waals surface area contributed by atoms with Crippen LogP contribution in [0.3, 0.4) is 0 Å². The summed E-state index contributed by atoms with van der Waals surface area (Å²) >= 11 is 0. The average Bonchev–Trinajstić information content (AvgIpc) is 3.24. The highest BCUT2D eigenvalue weighted by Gasteiger charge is 2.35. The van der Waals surface area contributed by atoms with Gasteiger partial charge < -0.3 is 19.7 Å². The molecule has 2 aromatic heterocycles. The highest BCUT2D eigenvalue weighted by molar-refractivity contribution is 5.79. The minimum absolute atomic E-state index is 0.0903. The van der Waals surface area contributed by atoms with Crippen molar-refractivity contribution < 1.29 is 14.6 Å². The monoisotopic (exact) mass is 351 g/mol. The van der Waals surface area contributed by atoms with E-state index in [9.17, 15) is 9.90 Å². The number of aliphatic hydroxyl groups excluding tert-OH is 1. The number of hydrogen-bond donors (Lipinski definition) is 2. The number of likely N-dealkylation sites (tertiary alicyclic amines) is 1. The third-order valence-corrected chi connectivity index (χ3v) is 4.82. The average molecular weight is 351 g/mol. The first-order chi connectivity index (χ1) is 12.7. The van der Waals surface area contributed by atoms with E-state index in [2.05, 4.69) is 9.97 Å². The summed E-state index contributed by atoms with van der Waals surface area (Å²) in [5, 5.41) is 11.1. The Morgan fingerprint density at radius 1 is 1.27 bits per heavy atom. The number of aliphatic hydroxyl groups is 1. The van der Waals surface area contributed by atoms with E-state index < -0.39 is 6.10 Å². The number of aromatic amines is 1. The van der Waals surface area contributed by atoms with Gasteiger partial charge in [-0.25, -0.2) is 9.78 Å². The van der Waals surface area contributed by atoms with E-state index >= 15 is 0 Å². The quantitative estimate of drug-likeness (QED) is 0.758. The van der Waals surface area contributed by atoms with Crippen LogP contribution in [0.5, 0.6) is 0 Å². The number of carbonyl (C=O) groups excluding carboxylic acids is 1. The number of hydrogen-bond acceptors (Lipinski definition) is 4. The predicted molar refractivity (Wildman–Crippen MR) is 97.5 cm³/mol. The molecule has 2 N–H and O–H groups in total. The summed E-state index contributed by atoms with van der Waals surface area (Å²) in [6.45, 7) is 0.537. The molecule has 26 heavy (non-hydrogen) atoms. The van der Waals surface area contributed by atoms with Gasteiger partial charge in [0, 0.05) is 23.8 Å². The van der Waals surface area contributed by atoms with Crippen molar-refractivity contribution in [2.24, 2.45) is 0 Å². The molecule has 3 aromatic rings. The topological polar surface area (TPSA) is 78.5 Å². The van der Waals surface area contributed by atoms with Crippen LogP contribution in [-0.2, 0) is 17.8 Å². The van der Waals surface area contributed by atoms with Crippen LogP contribution < -0.4 is 0 Å². The second-order valence-electron chi connectivity index (χ2n) is 6.65. The van der Waals surface area contributed by atoms with Gasteiger partial charge in [-0.2, -0.15) is 0 Å². The zero-order chi connectivity index (χ0) is 17.9. The van der Waals surface area contributed by atoms with Crippen LogP contribution >= 0.6 is 0 Å². The second-order valence-corrected chi connectivity index (χ2v) is 6.65. The van der Waals surface area contributed by atoms with Crippen LogP contribution in [0.2, 0.25) is 0 Å². The van der Waals surface area contributed by atoms with Gasteiger partial charge in [0.2, 0.25) is 0 Å². The number of pyridine rings is 1. The Morgan fingerprint density at radius 3 is 2.96 bits per heavy atom. The fraction of sp³-hybridized carbons (Fsp3) is 0.300. The molecule has 0 radical (unpaired) electrons. The van der Waals surface area contributed by atoms with E-state index in [0.717, 1.165) is 22.2 Å². The van der Waals surface area contributed by atoms with E-state index in [1.54, 1.807) is 11.1 Å². The number of ether oxygens (including phenoxy) is 1. The molecule has 1 aliphatic heterocycles. The first kappa shape index (κ1) is 16.6. The minimum Gasteiger partial charge on any atom is -0.445 e. The summed E-state index contributed by atoms with van der Waals surface area (Å²) in [7, 11) is 0. The Bertz CT molecular complexity index is 893. The third kappa shape index (κ3) is 3.41. The first-order valence-corrected chi connectivity index (χ1v) is 8.77. The highest BCUT2D eigenvalue weighted by Crippen LogP contribution is 2.26. The van der Waals surface area contributed by atoms with Gasteiger partial charge in [-0.3, -0.25) is 0 Å². The standard InChI is InChI=1S/C20H21N3O3/c24-17-10-16(9-15-11-22-19-18(15)7-4-8-21-19)23(12-17)20(25)26-13-14-5-2-1-3-6-14/h1-8,11,16-17,24H,9-10,12-13H2,(H,21,22)/t16-,17+/m1/s1. The second kappa shape index (κ2) is 7.17. The number of rotatable bonds is 4. The van der Waals surface area contributed by atoms with Crippen LogP contribution in [0.25, 0.3) is 11.0 Å². The zero-order valence-electron chi connectivity index (χ0n) is 14.3. The highest BCUT2D eigenvalue weighted by atomic mass is 16.6. The number of aromatic nitrogens is 2. The van der Waals surface area contributed by atoms with Gasteiger partial charge in [-0.15, -0.1) is 0 Å². The molecule has 0 aliphatic carbocycles. The molecule has 0 bridgehead atoms. The van der Waals surface area contributed by atoms with E-state index in [1.807, 2.05) is 48.7 Å². The number of amides is 1. The lowest BCUT2D eigenvalue weighted by molar-refractivity contribution is 0.0877.